The highest BCUT2D eigenvalue weighted by Gasteiger charge is 2.09. The summed E-state index contributed by atoms with van der Waals surface area (Å²) in [5, 5.41) is 5.58. The van der Waals surface area contributed by atoms with Gasteiger partial charge in [0.1, 0.15) is 5.82 Å². The second kappa shape index (κ2) is 7.40. The Hall–Kier alpha value is -3.47. The zero-order chi connectivity index (χ0) is 17.6. The third kappa shape index (κ3) is 4.09. The Balaban J connectivity index is 1.67. The second-order valence-electron chi connectivity index (χ2n) is 5.52. The van der Waals surface area contributed by atoms with Gasteiger partial charge in [-0.25, -0.2) is 4.98 Å². The highest BCUT2D eigenvalue weighted by molar-refractivity contribution is 6.06. The molecule has 2 aromatic carbocycles. The topological polar surface area (TPSA) is 71.1 Å². The van der Waals surface area contributed by atoms with E-state index in [1.807, 2.05) is 37.3 Å². The first-order valence-corrected chi connectivity index (χ1v) is 7.83. The van der Waals surface area contributed by atoms with Crippen LogP contribution in [0.15, 0.2) is 72.9 Å². The van der Waals surface area contributed by atoms with Gasteiger partial charge >= 0.3 is 0 Å². The van der Waals surface area contributed by atoms with Crippen molar-refractivity contribution in [2.45, 2.75) is 6.92 Å². The van der Waals surface area contributed by atoms with Crippen LogP contribution in [0.25, 0.3) is 0 Å². The fraction of sp³-hybridized carbons (Fsp3) is 0.0500. The number of nitrogens with one attached hydrogen (secondary N) is 2. The SMILES string of the molecule is Cc1cccnc1NC(=O)c1ccc(NC(=O)c2ccccc2)cc1. The molecule has 3 rings (SSSR count). The fourth-order valence-electron chi connectivity index (χ4n) is 2.29. The first-order valence-electron chi connectivity index (χ1n) is 7.83. The number of nitrogens with zero attached hydrogens (tertiary/aromatic N) is 1. The smallest absolute Gasteiger partial charge is 0.256 e. The lowest BCUT2D eigenvalue weighted by atomic mass is 10.1. The first kappa shape index (κ1) is 16.4. The minimum Gasteiger partial charge on any atom is -0.322 e. The van der Waals surface area contributed by atoms with Gasteiger partial charge in [-0.05, 0) is 55.0 Å². The maximum Gasteiger partial charge on any atom is 0.256 e. The Labute approximate surface area is 145 Å². The van der Waals surface area contributed by atoms with Crippen LogP contribution in [-0.2, 0) is 0 Å². The number of carbonyl (C=O) groups excluding carboxylic acids is 2. The van der Waals surface area contributed by atoms with E-state index in [0.29, 0.717) is 22.6 Å². The molecule has 0 saturated carbocycles. The first-order chi connectivity index (χ1) is 12.1. The van der Waals surface area contributed by atoms with E-state index in [-0.39, 0.29) is 11.8 Å². The van der Waals surface area contributed by atoms with Crippen LogP contribution in [0.5, 0.6) is 0 Å². The average molecular weight is 331 g/mol. The molecule has 0 aliphatic rings. The van der Waals surface area contributed by atoms with Crippen molar-refractivity contribution < 1.29 is 9.59 Å². The van der Waals surface area contributed by atoms with Crippen molar-refractivity contribution in [3.8, 4) is 0 Å². The zero-order valence-electron chi connectivity index (χ0n) is 13.7. The lowest BCUT2D eigenvalue weighted by Gasteiger charge is -2.08. The van der Waals surface area contributed by atoms with Gasteiger partial charge in [-0.15, -0.1) is 0 Å². The molecule has 2 amide bonds. The van der Waals surface area contributed by atoms with Crippen molar-refractivity contribution in [1.29, 1.82) is 0 Å². The van der Waals surface area contributed by atoms with Crippen molar-refractivity contribution in [3.05, 3.63) is 89.6 Å². The molecule has 0 fully saturated rings. The van der Waals surface area contributed by atoms with Gasteiger partial charge in [0.2, 0.25) is 0 Å². The molecule has 25 heavy (non-hydrogen) atoms. The quantitative estimate of drug-likeness (QED) is 0.762. The van der Waals surface area contributed by atoms with E-state index in [4.69, 9.17) is 0 Å². The summed E-state index contributed by atoms with van der Waals surface area (Å²) in [4.78, 5) is 28.5. The third-order valence-electron chi connectivity index (χ3n) is 3.68. The highest BCUT2D eigenvalue weighted by Crippen LogP contribution is 2.14. The van der Waals surface area contributed by atoms with E-state index in [2.05, 4.69) is 15.6 Å². The van der Waals surface area contributed by atoms with Crippen LogP contribution >= 0.6 is 0 Å². The summed E-state index contributed by atoms with van der Waals surface area (Å²) in [7, 11) is 0. The average Bonchev–Trinajstić information content (AvgIpc) is 2.65. The summed E-state index contributed by atoms with van der Waals surface area (Å²) in [5.74, 6) is 0.0959. The number of hydrogen-bond acceptors (Lipinski definition) is 3. The Morgan fingerprint density at radius 3 is 2.08 bits per heavy atom. The highest BCUT2D eigenvalue weighted by atomic mass is 16.2. The minimum absolute atomic E-state index is 0.193. The Morgan fingerprint density at radius 2 is 1.40 bits per heavy atom. The molecule has 5 heteroatoms. The molecular weight excluding hydrogens is 314 g/mol. The molecule has 3 aromatic rings. The largest absolute Gasteiger partial charge is 0.322 e. The van der Waals surface area contributed by atoms with Gasteiger partial charge in [0.05, 0.1) is 0 Å². The lowest BCUT2D eigenvalue weighted by molar-refractivity contribution is 0.101. The number of anilines is 2. The maximum atomic E-state index is 12.3. The van der Waals surface area contributed by atoms with Crippen LogP contribution in [0.2, 0.25) is 0 Å². The minimum atomic E-state index is -0.247. The van der Waals surface area contributed by atoms with E-state index in [9.17, 15) is 9.59 Å². The predicted octanol–water partition coefficient (Wildman–Crippen LogP) is 3.89. The number of aromatic nitrogens is 1. The van der Waals surface area contributed by atoms with E-state index >= 15 is 0 Å². The molecule has 0 aliphatic heterocycles. The molecule has 0 atom stereocenters. The third-order valence-corrected chi connectivity index (χ3v) is 3.68. The maximum absolute atomic E-state index is 12.3. The zero-order valence-corrected chi connectivity index (χ0v) is 13.7. The molecule has 5 nitrogen and oxygen atoms in total. The number of amides is 2. The summed E-state index contributed by atoms with van der Waals surface area (Å²) in [6, 6.07) is 19.4. The monoisotopic (exact) mass is 331 g/mol. The standard InChI is InChI=1S/C20H17N3O2/c1-14-6-5-13-21-18(14)23-20(25)16-9-11-17(12-10-16)22-19(24)15-7-3-2-4-8-15/h2-13H,1H3,(H,22,24)(H,21,23,25). The van der Waals surface area contributed by atoms with Crippen molar-refractivity contribution >= 4 is 23.3 Å². The van der Waals surface area contributed by atoms with Gasteiger partial charge in [0.25, 0.3) is 11.8 Å². The van der Waals surface area contributed by atoms with Crippen LogP contribution in [0.3, 0.4) is 0 Å². The molecule has 0 saturated heterocycles. The van der Waals surface area contributed by atoms with Crippen LogP contribution in [0, 0.1) is 6.92 Å². The normalized spacial score (nSPS) is 10.1. The van der Waals surface area contributed by atoms with Gasteiger partial charge in [-0.3, -0.25) is 9.59 Å². The Morgan fingerprint density at radius 1 is 0.760 bits per heavy atom. The molecule has 0 aliphatic carbocycles. The van der Waals surface area contributed by atoms with Crippen molar-refractivity contribution in [3.63, 3.8) is 0 Å². The predicted molar refractivity (Wildman–Crippen MR) is 97.8 cm³/mol. The van der Waals surface area contributed by atoms with Crippen LogP contribution in [-0.4, -0.2) is 16.8 Å². The summed E-state index contributed by atoms with van der Waals surface area (Å²) >= 11 is 0. The summed E-state index contributed by atoms with van der Waals surface area (Å²) in [6.45, 7) is 1.88. The van der Waals surface area contributed by atoms with Crippen molar-refractivity contribution in [2.75, 3.05) is 10.6 Å². The molecule has 1 aromatic heterocycles. The van der Waals surface area contributed by atoms with Gasteiger partial charge in [0.15, 0.2) is 0 Å². The van der Waals surface area contributed by atoms with Crippen LogP contribution in [0.4, 0.5) is 11.5 Å². The van der Waals surface area contributed by atoms with Crippen molar-refractivity contribution in [2.24, 2.45) is 0 Å². The molecule has 0 spiro atoms. The number of rotatable bonds is 4. The molecule has 1 heterocycles. The molecule has 124 valence electrons. The number of benzene rings is 2. The molecule has 0 bridgehead atoms. The molecule has 0 radical (unpaired) electrons. The molecule has 0 unspecified atom stereocenters. The van der Waals surface area contributed by atoms with Crippen molar-refractivity contribution in [1.82, 2.24) is 4.98 Å². The van der Waals surface area contributed by atoms with Gasteiger partial charge in [-0.1, -0.05) is 24.3 Å². The van der Waals surface area contributed by atoms with Gasteiger partial charge in [0, 0.05) is 23.0 Å². The summed E-state index contributed by atoms with van der Waals surface area (Å²) in [6.07, 6.45) is 1.63. The van der Waals surface area contributed by atoms with E-state index in [1.54, 1.807) is 42.6 Å². The molecule has 2 N–H and O–H groups in total. The van der Waals surface area contributed by atoms with Gasteiger partial charge in [-0.2, -0.15) is 0 Å². The number of hydrogen-bond donors (Lipinski definition) is 2. The fourth-order valence-corrected chi connectivity index (χ4v) is 2.29. The van der Waals surface area contributed by atoms with E-state index in [0.717, 1.165) is 5.56 Å². The summed E-state index contributed by atoms with van der Waals surface area (Å²) < 4.78 is 0. The van der Waals surface area contributed by atoms with Crippen LogP contribution < -0.4 is 10.6 Å². The summed E-state index contributed by atoms with van der Waals surface area (Å²) in [5.41, 5.74) is 2.58. The Kier molecular flexibility index (Phi) is 4.85. The number of aryl methyl sites for hydroxylation is 1. The van der Waals surface area contributed by atoms with Crippen LogP contribution in [0.1, 0.15) is 26.3 Å². The number of pyridine rings is 1. The van der Waals surface area contributed by atoms with E-state index < -0.39 is 0 Å². The lowest BCUT2D eigenvalue weighted by Crippen LogP contribution is -2.14. The van der Waals surface area contributed by atoms with E-state index in [1.165, 1.54) is 0 Å². The molecular formula is C20H17N3O2. The van der Waals surface area contributed by atoms with Gasteiger partial charge < -0.3 is 10.6 Å². The second-order valence-corrected chi connectivity index (χ2v) is 5.52. The Bertz CT molecular complexity index is 890. The number of carbonyl (C=O) groups is 2.